The van der Waals surface area contributed by atoms with Gasteiger partial charge in [-0.25, -0.2) is 8.42 Å². The number of rotatable bonds is 4. The molecule has 4 rings (SSSR count). The summed E-state index contributed by atoms with van der Waals surface area (Å²) in [6.45, 7) is 3.93. The van der Waals surface area contributed by atoms with Gasteiger partial charge in [0, 0.05) is 51.6 Å². The van der Waals surface area contributed by atoms with Crippen LogP contribution >= 0.6 is 0 Å². The van der Waals surface area contributed by atoms with E-state index in [1.165, 1.54) is 10.5 Å². The van der Waals surface area contributed by atoms with Gasteiger partial charge in [-0.2, -0.15) is 9.40 Å². The van der Waals surface area contributed by atoms with Crippen LogP contribution in [0, 0.1) is 0 Å². The summed E-state index contributed by atoms with van der Waals surface area (Å²) in [5, 5.41) is 7.37. The van der Waals surface area contributed by atoms with Gasteiger partial charge in [-0.05, 0) is 25.7 Å². The molecular formula is C17H27N5O4S. The Hall–Kier alpha value is -1.49. The lowest BCUT2D eigenvalue weighted by Gasteiger charge is -2.40. The first-order chi connectivity index (χ1) is 13.1. The molecule has 3 aliphatic heterocycles. The van der Waals surface area contributed by atoms with Crippen LogP contribution in [0.5, 0.6) is 0 Å². The number of ether oxygens (including phenoxy) is 1. The summed E-state index contributed by atoms with van der Waals surface area (Å²) in [5.74, 6) is 0.0536. The molecule has 4 heterocycles. The highest BCUT2D eigenvalue weighted by atomic mass is 32.2. The minimum atomic E-state index is -3.60. The molecule has 1 aromatic heterocycles. The zero-order chi connectivity index (χ0) is 18.9. The molecule has 9 nitrogen and oxygen atoms in total. The van der Waals surface area contributed by atoms with Crippen LogP contribution in [-0.4, -0.2) is 85.3 Å². The highest BCUT2D eigenvalue weighted by molar-refractivity contribution is 7.89. The molecule has 10 heteroatoms. The van der Waals surface area contributed by atoms with Gasteiger partial charge >= 0.3 is 0 Å². The van der Waals surface area contributed by atoms with E-state index in [1.54, 1.807) is 10.9 Å². The second-order valence-electron chi connectivity index (χ2n) is 7.42. The fraction of sp³-hybridized carbons (Fsp3) is 0.765. The molecule has 3 fully saturated rings. The van der Waals surface area contributed by atoms with E-state index in [1.807, 2.05) is 4.90 Å². The Bertz CT molecular complexity index is 774. The molecule has 0 spiro atoms. The van der Waals surface area contributed by atoms with Crippen molar-refractivity contribution in [3.8, 4) is 0 Å². The van der Waals surface area contributed by atoms with Gasteiger partial charge in [0.05, 0.1) is 18.8 Å². The van der Waals surface area contributed by atoms with Gasteiger partial charge < -0.3 is 15.0 Å². The Morgan fingerprint density at radius 2 is 1.96 bits per heavy atom. The molecule has 1 aromatic rings. The van der Waals surface area contributed by atoms with Gasteiger partial charge in [0.25, 0.3) is 0 Å². The number of aromatic nitrogens is 2. The lowest BCUT2D eigenvalue weighted by atomic mass is 10.1. The molecule has 0 radical (unpaired) electrons. The predicted octanol–water partition coefficient (Wildman–Crippen LogP) is -0.180. The maximum absolute atomic E-state index is 13.1. The summed E-state index contributed by atoms with van der Waals surface area (Å²) in [6, 6.07) is 0.143. The minimum Gasteiger partial charge on any atom is -0.381 e. The van der Waals surface area contributed by atoms with Crippen molar-refractivity contribution in [1.29, 1.82) is 0 Å². The highest BCUT2D eigenvalue weighted by Crippen LogP contribution is 2.26. The quantitative estimate of drug-likeness (QED) is 0.757. The third-order valence-electron chi connectivity index (χ3n) is 5.71. The van der Waals surface area contributed by atoms with Crippen molar-refractivity contribution in [3.63, 3.8) is 0 Å². The average molecular weight is 398 g/mol. The van der Waals surface area contributed by atoms with E-state index in [0.29, 0.717) is 39.4 Å². The van der Waals surface area contributed by atoms with Crippen molar-refractivity contribution in [3.05, 3.63) is 12.4 Å². The molecule has 0 aromatic carbocycles. The van der Waals surface area contributed by atoms with Crippen molar-refractivity contribution >= 4 is 15.9 Å². The van der Waals surface area contributed by atoms with Gasteiger partial charge in [0.2, 0.25) is 15.9 Å². The third kappa shape index (κ3) is 3.89. The number of carbonyl (C=O) groups is 1. The number of hydrogen-bond acceptors (Lipinski definition) is 6. The van der Waals surface area contributed by atoms with Crippen LogP contribution in [0.15, 0.2) is 17.3 Å². The van der Waals surface area contributed by atoms with Gasteiger partial charge in [-0.3, -0.25) is 9.48 Å². The van der Waals surface area contributed by atoms with Crippen molar-refractivity contribution in [2.24, 2.45) is 0 Å². The van der Waals surface area contributed by atoms with E-state index in [9.17, 15) is 13.2 Å². The largest absolute Gasteiger partial charge is 0.381 e. The molecule has 3 aliphatic rings. The summed E-state index contributed by atoms with van der Waals surface area (Å²) in [4.78, 5) is 14.2. The van der Waals surface area contributed by atoms with Crippen molar-refractivity contribution in [2.75, 3.05) is 45.9 Å². The second-order valence-corrected chi connectivity index (χ2v) is 9.36. The summed E-state index contributed by atoms with van der Waals surface area (Å²) >= 11 is 0. The normalized spacial score (nSPS) is 26.4. The monoisotopic (exact) mass is 397 g/mol. The molecule has 0 bridgehead atoms. The summed E-state index contributed by atoms with van der Waals surface area (Å²) < 4.78 is 34.9. The van der Waals surface area contributed by atoms with E-state index < -0.39 is 10.0 Å². The van der Waals surface area contributed by atoms with E-state index in [4.69, 9.17) is 4.74 Å². The smallest absolute Gasteiger partial charge is 0.246 e. The number of piperazine rings is 1. The Morgan fingerprint density at radius 1 is 1.15 bits per heavy atom. The Balaban J connectivity index is 1.48. The van der Waals surface area contributed by atoms with E-state index >= 15 is 0 Å². The molecule has 27 heavy (non-hydrogen) atoms. The van der Waals surface area contributed by atoms with Crippen LogP contribution in [0.2, 0.25) is 0 Å². The zero-order valence-electron chi connectivity index (χ0n) is 15.4. The molecule has 0 aliphatic carbocycles. The number of nitrogens with one attached hydrogen (secondary N) is 1. The Morgan fingerprint density at radius 3 is 2.74 bits per heavy atom. The standard InChI is InChI=1S/C17H27N5O4S/c23-17-11-18-5-7-21(17)15-2-1-6-20(12-15)27(24,25)16-10-19-22(13-16)14-3-8-26-9-4-14/h10,13-15,18H,1-9,11-12H2. The van der Waals surface area contributed by atoms with E-state index in [-0.39, 0.29) is 22.9 Å². The second kappa shape index (κ2) is 7.86. The number of piperidine rings is 1. The SMILES string of the molecule is O=C1CNCCN1C1CCCN(S(=O)(=O)c2cnn(C3CCOCC3)c2)C1. The molecule has 1 N–H and O–H groups in total. The highest BCUT2D eigenvalue weighted by Gasteiger charge is 2.36. The molecule has 150 valence electrons. The first-order valence-electron chi connectivity index (χ1n) is 9.68. The molecule has 1 atom stereocenters. The van der Waals surface area contributed by atoms with Crippen molar-refractivity contribution < 1.29 is 17.9 Å². The van der Waals surface area contributed by atoms with Gasteiger partial charge in [0.15, 0.2) is 0 Å². The number of amides is 1. The molecule has 0 saturated carbocycles. The Kier molecular flexibility index (Phi) is 5.49. The Labute approximate surface area is 159 Å². The fourth-order valence-electron chi connectivity index (χ4n) is 4.15. The first kappa shape index (κ1) is 18.9. The van der Waals surface area contributed by atoms with Crippen LogP contribution in [0.25, 0.3) is 0 Å². The van der Waals surface area contributed by atoms with Gasteiger partial charge in [-0.15, -0.1) is 0 Å². The molecule has 3 saturated heterocycles. The minimum absolute atomic E-state index is 0.0475. The van der Waals surface area contributed by atoms with E-state index in [2.05, 4.69) is 10.4 Å². The molecule has 1 unspecified atom stereocenters. The van der Waals surface area contributed by atoms with Crippen molar-refractivity contribution in [2.45, 2.75) is 42.7 Å². The summed E-state index contributed by atoms with van der Waals surface area (Å²) in [6.07, 6.45) is 6.39. The third-order valence-corrected chi connectivity index (χ3v) is 7.52. The van der Waals surface area contributed by atoms with Crippen LogP contribution in [-0.2, 0) is 19.6 Å². The van der Waals surface area contributed by atoms with Crippen LogP contribution in [0.4, 0.5) is 0 Å². The maximum Gasteiger partial charge on any atom is 0.246 e. The fourth-order valence-corrected chi connectivity index (χ4v) is 5.61. The van der Waals surface area contributed by atoms with Crippen LogP contribution < -0.4 is 5.32 Å². The lowest BCUT2D eigenvalue weighted by molar-refractivity contribution is -0.135. The summed E-state index contributed by atoms with van der Waals surface area (Å²) in [5.41, 5.74) is 0. The van der Waals surface area contributed by atoms with Crippen LogP contribution in [0.1, 0.15) is 31.7 Å². The van der Waals surface area contributed by atoms with Gasteiger partial charge in [-0.1, -0.05) is 0 Å². The zero-order valence-corrected chi connectivity index (χ0v) is 16.2. The maximum atomic E-state index is 13.1. The van der Waals surface area contributed by atoms with Crippen LogP contribution in [0.3, 0.4) is 0 Å². The van der Waals surface area contributed by atoms with E-state index in [0.717, 1.165) is 32.2 Å². The first-order valence-corrected chi connectivity index (χ1v) is 11.1. The number of sulfonamides is 1. The molecular weight excluding hydrogens is 370 g/mol. The number of carbonyl (C=O) groups excluding carboxylic acids is 1. The summed E-state index contributed by atoms with van der Waals surface area (Å²) in [7, 11) is -3.60. The van der Waals surface area contributed by atoms with Crippen molar-refractivity contribution in [1.82, 2.24) is 24.3 Å². The number of nitrogens with zero attached hydrogens (tertiary/aromatic N) is 4. The predicted molar refractivity (Wildman–Crippen MR) is 97.7 cm³/mol. The average Bonchev–Trinajstić information content (AvgIpc) is 3.20. The topological polar surface area (TPSA) is 96.8 Å². The molecule has 1 amide bonds. The lowest BCUT2D eigenvalue weighted by Crippen LogP contribution is -2.57. The number of hydrogen-bond donors (Lipinski definition) is 1. The van der Waals surface area contributed by atoms with Gasteiger partial charge in [0.1, 0.15) is 4.90 Å².